The molecule has 150 valence electrons. The summed E-state index contributed by atoms with van der Waals surface area (Å²) in [6.45, 7) is 8.18. The van der Waals surface area contributed by atoms with Crippen LogP contribution >= 0.6 is 0 Å². The van der Waals surface area contributed by atoms with Crippen LogP contribution in [0.4, 0.5) is 0 Å². The van der Waals surface area contributed by atoms with Crippen molar-refractivity contribution in [1.82, 2.24) is 0 Å². The van der Waals surface area contributed by atoms with Crippen LogP contribution in [0.5, 0.6) is 0 Å². The number of aldehydes is 1. The fraction of sp³-hybridized carbons (Fsp3) is 0.826. The Labute approximate surface area is 162 Å². The summed E-state index contributed by atoms with van der Waals surface area (Å²) < 4.78 is 5.90. The minimum Gasteiger partial charge on any atom is -0.459 e. The first-order chi connectivity index (χ1) is 12.7. The number of allylic oxidation sites excluding steroid dienone is 1. The maximum atomic E-state index is 12.5. The Bertz CT molecular complexity index is 684. The number of esters is 1. The first-order valence-electron chi connectivity index (χ1n) is 10.7. The summed E-state index contributed by atoms with van der Waals surface area (Å²) in [4.78, 5) is 24.2. The number of rotatable bonds is 2. The Hall–Kier alpha value is -1.16. The van der Waals surface area contributed by atoms with E-state index in [0.29, 0.717) is 30.1 Å². The summed E-state index contributed by atoms with van der Waals surface area (Å²) in [5.74, 6) is 1.49. The number of ether oxygens (including phenoxy) is 1. The lowest BCUT2D eigenvalue weighted by Crippen LogP contribution is -2.57. The van der Waals surface area contributed by atoms with Gasteiger partial charge >= 0.3 is 5.97 Å². The van der Waals surface area contributed by atoms with Gasteiger partial charge in [-0.05, 0) is 75.5 Å². The van der Waals surface area contributed by atoms with Crippen LogP contribution in [-0.2, 0) is 14.3 Å². The smallest absolute Gasteiger partial charge is 0.303 e. The number of hydrogen-bond acceptors (Lipinski definition) is 4. The number of hydrogen-bond donors (Lipinski definition) is 1. The quantitative estimate of drug-likeness (QED) is 0.450. The van der Waals surface area contributed by atoms with Crippen LogP contribution in [-0.4, -0.2) is 29.1 Å². The van der Waals surface area contributed by atoms with Crippen molar-refractivity contribution < 1.29 is 19.4 Å². The molecule has 4 nitrogen and oxygen atoms in total. The van der Waals surface area contributed by atoms with Crippen LogP contribution in [0, 0.1) is 34.5 Å². The van der Waals surface area contributed by atoms with Crippen molar-refractivity contribution in [3.63, 3.8) is 0 Å². The van der Waals surface area contributed by atoms with E-state index >= 15 is 0 Å². The van der Waals surface area contributed by atoms with Gasteiger partial charge in [-0.1, -0.05) is 25.5 Å². The molecule has 0 aliphatic heterocycles. The summed E-state index contributed by atoms with van der Waals surface area (Å²) in [6, 6.07) is 0. The lowest BCUT2D eigenvalue weighted by Gasteiger charge is -2.60. The number of aliphatic hydroxyl groups is 1. The van der Waals surface area contributed by atoms with E-state index in [9.17, 15) is 14.7 Å². The van der Waals surface area contributed by atoms with Crippen LogP contribution in [0.1, 0.15) is 72.6 Å². The second-order valence-corrected chi connectivity index (χ2v) is 10.2. The van der Waals surface area contributed by atoms with Gasteiger partial charge in [0.2, 0.25) is 0 Å². The van der Waals surface area contributed by atoms with E-state index < -0.39 is 11.7 Å². The molecule has 4 aliphatic carbocycles. The molecule has 27 heavy (non-hydrogen) atoms. The first kappa shape index (κ1) is 19.2. The molecular weight excluding hydrogens is 340 g/mol. The van der Waals surface area contributed by atoms with Crippen molar-refractivity contribution in [1.29, 1.82) is 0 Å². The lowest BCUT2D eigenvalue weighted by atomic mass is 9.44. The lowest BCUT2D eigenvalue weighted by molar-refractivity contribution is -0.178. The zero-order valence-corrected chi connectivity index (χ0v) is 17.2. The van der Waals surface area contributed by atoms with Gasteiger partial charge in [-0.25, -0.2) is 0 Å². The summed E-state index contributed by atoms with van der Waals surface area (Å²) in [5.41, 5.74) is 0.398. The zero-order valence-electron chi connectivity index (χ0n) is 17.2. The largest absolute Gasteiger partial charge is 0.459 e. The van der Waals surface area contributed by atoms with E-state index in [1.54, 1.807) is 0 Å². The Morgan fingerprint density at radius 3 is 2.56 bits per heavy atom. The van der Waals surface area contributed by atoms with Crippen LogP contribution in [0.25, 0.3) is 0 Å². The Morgan fingerprint density at radius 2 is 1.89 bits per heavy atom. The van der Waals surface area contributed by atoms with Crippen LogP contribution in [0.2, 0.25) is 0 Å². The molecule has 3 fully saturated rings. The molecule has 0 radical (unpaired) electrons. The van der Waals surface area contributed by atoms with E-state index in [1.165, 1.54) is 18.8 Å². The minimum atomic E-state index is -0.403. The van der Waals surface area contributed by atoms with Crippen molar-refractivity contribution >= 4 is 12.3 Å². The fourth-order valence-corrected chi connectivity index (χ4v) is 7.72. The highest BCUT2D eigenvalue weighted by Crippen LogP contribution is 2.68. The first-order valence-corrected chi connectivity index (χ1v) is 10.7. The molecule has 0 aromatic rings. The molecule has 8 atom stereocenters. The molecular formula is C23H34O4. The van der Waals surface area contributed by atoms with E-state index in [1.807, 2.05) is 6.08 Å². The molecule has 4 aliphatic rings. The highest BCUT2D eigenvalue weighted by atomic mass is 16.6. The summed E-state index contributed by atoms with van der Waals surface area (Å²) in [7, 11) is 0. The van der Waals surface area contributed by atoms with Gasteiger partial charge in [-0.15, -0.1) is 0 Å². The number of carbonyl (C=O) groups excluding carboxylic acids is 2. The van der Waals surface area contributed by atoms with Gasteiger partial charge in [0.25, 0.3) is 0 Å². The van der Waals surface area contributed by atoms with Gasteiger partial charge in [-0.3, -0.25) is 4.79 Å². The summed E-state index contributed by atoms with van der Waals surface area (Å²) in [5, 5.41) is 10.2. The fourth-order valence-electron chi connectivity index (χ4n) is 7.72. The monoisotopic (exact) mass is 374 g/mol. The van der Waals surface area contributed by atoms with Crippen LogP contribution in [0.15, 0.2) is 11.6 Å². The van der Waals surface area contributed by atoms with Gasteiger partial charge in [-0.2, -0.15) is 0 Å². The molecule has 0 bridgehead atoms. The van der Waals surface area contributed by atoms with Crippen molar-refractivity contribution in [2.45, 2.75) is 84.3 Å². The molecule has 0 spiro atoms. The standard InChI is InChI=1S/C23H34O4/c1-14-11-17-18-7-9-22(4,27-15(2)25)21(18,3)8-6-19(17)23(13-24)10-5-16(26)12-20(14)23/h12-14,16-19,26H,5-11H2,1-4H3/t14-,16-,17-,18-,19-,21-,22+,23-/m0/s1. The predicted octanol–water partition coefficient (Wildman–Crippen LogP) is 4.06. The number of fused-ring (bicyclic) bond motifs is 5. The predicted molar refractivity (Wildman–Crippen MR) is 103 cm³/mol. The Morgan fingerprint density at radius 1 is 1.19 bits per heavy atom. The summed E-state index contributed by atoms with van der Waals surface area (Å²) in [6.07, 6.45) is 9.35. The van der Waals surface area contributed by atoms with Gasteiger partial charge in [0, 0.05) is 12.3 Å². The van der Waals surface area contributed by atoms with Crippen molar-refractivity contribution in [2.24, 2.45) is 34.5 Å². The maximum Gasteiger partial charge on any atom is 0.303 e. The third-order valence-corrected chi connectivity index (χ3v) is 9.13. The average molecular weight is 375 g/mol. The maximum absolute atomic E-state index is 12.5. The van der Waals surface area contributed by atoms with E-state index in [4.69, 9.17) is 4.74 Å². The van der Waals surface area contributed by atoms with Gasteiger partial charge < -0.3 is 14.6 Å². The van der Waals surface area contributed by atoms with Crippen LogP contribution in [0.3, 0.4) is 0 Å². The second-order valence-electron chi connectivity index (χ2n) is 10.2. The Kier molecular flexibility index (Phi) is 4.38. The molecule has 0 aromatic carbocycles. The molecule has 4 rings (SSSR count). The normalized spacial score (nSPS) is 51.4. The topological polar surface area (TPSA) is 63.6 Å². The summed E-state index contributed by atoms with van der Waals surface area (Å²) >= 11 is 0. The highest BCUT2D eigenvalue weighted by molar-refractivity contribution is 5.68. The number of aliphatic hydroxyl groups excluding tert-OH is 1. The zero-order chi connectivity index (χ0) is 19.6. The average Bonchev–Trinajstić information content (AvgIpc) is 2.86. The third-order valence-electron chi connectivity index (χ3n) is 9.13. The van der Waals surface area contributed by atoms with E-state index in [-0.39, 0.29) is 16.8 Å². The highest BCUT2D eigenvalue weighted by Gasteiger charge is 2.65. The van der Waals surface area contributed by atoms with Gasteiger partial charge in [0.15, 0.2) is 0 Å². The molecule has 0 heterocycles. The SMILES string of the molecule is CC(=O)O[C@]1(C)CC[C@H]2[C@@H]3C[C@H](C)C4=C[C@@H](O)CC[C@]4(C=O)[C@H]3CC[C@@]21C. The van der Waals surface area contributed by atoms with Crippen molar-refractivity contribution in [2.75, 3.05) is 0 Å². The van der Waals surface area contributed by atoms with Crippen LogP contribution < -0.4 is 0 Å². The molecule has 0 unspecified atom stereocenters. The number of carbonyl (C=O) groups is 2. The minimum absolute atomic E-state index is 0.0149. The van der Waals surface area contributed by atoms with Gasteiger partial charge in [0.1, 0.15) is 11.9 Å². The molecule has 4 heteroatoms. The third kappa shape index (κ3) is 2.51. The molecule has 0 saturated heterocycles. The second kappa shape index (κ2) is 6.17. The van der Waals surface area contributed by atoms with Gasteiger partial charge in [0.05, 0.1) is 11.5 Å². The molecule has 1 N–H and O–H groups in total. The van der Waals surface area contributed by atoms with E-state index in [2.05, 4.69) is 20.8 Å². The van der Waals surface area contributed by atoms with Crippen molar-refractivity contribution in [3.8, 4) is 0 Å². The molecule has 0 aromatic heterocycles. The van der Waals surface area contributed by atoms with E-state index in [0.717, 1.165) is 38.5 Å². The van der Waals surface area contributed by atoms with Crippen molar-refractivity contribution in [3.05, 3.63) is 11.6 Å². The molecule has 3 saturated carbocycles. The Balaban J connectivity index is 1.72. The molecule has 0 amide bonds.